The van der Waals surface area contributed by atoms with Crippen LogP contribution in [0.5, 0.6) is 0 Å². The third-order valence-corrected chi connectivity index (χ3v) is 4.31. The van der Waals surface area contributed by atoms with Crippen LogP contribution in [0.4, 0.5) is 13.2 Å². The fourth-order valence-corrected chi connectivity index (χ4v) is 3.31. The van der Waals surface area contributed by atoms with E-state index in [0.29, 0.717) is 21.5 Å². The van der Waals surface area contributed by atoms with Crippen molar-refractivity contribution in [1.29, 1.82) is 0 Å². The number of halogens is 3. The molecule has 0 aliphatic carbocycles. The van der Waals surface area contributed by atoms with Gasteiger partial charge in [-0.25, -0.2) is 0 Å². The van der Waals surface area contributed by atoms with E-state index < -0.39 is 11.7 Å². The Hall–Kier alpha value is -1.28. The minimum Gasteiger partial charge on any atom is -0.349 e. The minimum atomic E-state index is -4.40. The van der Waals surface area contributed by atoms with Crippen molar-refractivity contribution in [3.05, 3.63) is 34.5 Å². The van der Waals surface area contributed by atoms with Crippen molar-refractivity contribution in [2.24, 2.45) is 0 Å². The number of thioether (sulfide) groups is 1. The summed E-state index contributed by atoms with van der Waals surface area (Å²) in [4.78, 5) is 15.2. The summed E-state index contributed by atoms with van der Waals surface area (Å²) in [6.45, 7) is 2.24. The van der Waals surface area contributed by atoms with Crippen LogP contribution in [0.25, 0.3) is 0 Å². The highest BCUT2D eigenvalue weighted by Crippen LogP contribution is 2.37. The van der Waals surface area contributed by atoms with Gasteiger partial charge in [0.25, 0.3) is 5.91 Å². The van der Waals surface area contributed by atoms with Crippen molar-refractivity contribution in [2.45, 2.75) is 13.1 Å². The summed E-state index contributed by atoms with van der Waals surface area (Å²) in [6, 6.07) is 0. The Bertz CT molecular complexity index is 564. The summed E-state index contributed by atoms with van der Waals surface area (Å²) < 4.78 is 38.3. The first-order chi connectivity index (χ1) is 9.25. The van der Waals surface area contributed by atoms with Gasteiger partial charge in [-0.15, -0.1) is 0 Å². The Morgan fingerprint density at radius 1 is 1.35 bits per heavy atom. The van der Waals surface area contributed by atoms with Crippen LogP contribution >= 0.6 is 24.0 Å². The van der Waals surface area contributed by atoms with Gasteiger partial charge in [-0.3, -0.25) is 9.69 Å². The fraction of sp³-hybridized carbons (Fsp3) is 0.333. The number of hydrogen-bond acceptors (Lipinski definition) is 4. The van der Waals surface area contributed by atoms with Gasteiger partial charge in [0, 0.05) is 19.8 Å². The number of hydrogen-bond donors (Lipinski definition) is 0. The van der Waals surface area contributed by atoms with Crippen molar-refractivity contribution < 1.29 is 18.0 Å². The smallest absolute Gasteiger partial charge is 0.349 e. The standard InChI is InChI=1S/C12H11F3N2OS2/c1-3-17-10(18)9(20-11(17)19)8-5-4-7(6-16(8)2)12(13,14)15/h4-6H,3H2,1-2H3. The molecule has 108 valence electrons. The SMILES string of the molecule is CCN1C(=O)C(=C2C=CC(C(F)(F)F)=CN2C)SC1=S. The Balaban J connectivity index is 2.36. The molecule has 0 aromatic carbocycles. The lowest BCUT2D eigenvalue weighted by atomic mass is 10.1. The maximum Gasteiger partial charge on any atom is 0.417 e. The van der Waals surface area contributed by atoms with Gasteiger partial charge in [0.1, 0.15) is 9.23 Å². The van der Waals surface area contributed by atoms with Crippen LogP contribution in [-0.2, 0) is 4.79 Å². The van der Waals surface area contributed by atoms with Crippen LogP contribution in [0.15, 0.2) is 34.5 Å². The summed E-state index contributed by atoms with van der Waals surface area (Å²) in [7, 11) is 1.48. The second kappa shape index (κ2) is 5.25. The molecule has 0 atom stereocenters. The van der Waals surface area contributed by atoms with E-state index in [-0.39, 0.29) is 5.91 Å². The van der Waals surface area contributed by atoms with E-state index in [0.717, 1.165) is 24.0 Å². The van der Waals surface area contributed by atoms with E-state index in [9.17, 15) is 18.0 Å². The summed E-state index contributed by atoms with van der Waals surface area (Å²) in [5.74, 6) is -0.266. The second-order valence-electron chi connectivity index (χ2n) is 4.16. The van der Waals surface area contributed by atoms with Crippen molar-refractivity contribution in [2.75, 3.05) is 13.6 Å². The maximum atomic E-state index is 12.6. The molecule has 0 aromatic rings. The molecule has 20 heavy (non-hydrogen) atoms. The monoisotopic (exact) mass is 320 g/mol. The molecule has 0 spiro atoms. The topological polar surface area (TPSA) is 23.6 Å². The molecule has 0 radical (unpaired) electrons. The number of likely N-dealkylation sites (N-methyl/N-ethyl adjacent to an activating group) is 2. The maximum absolute atomic E-state index is 12.6. The quantitative estimate of drug-likeness (QED) is 0.547. The van der Waals surface area contributed by atoms with Crippen molar-refractivity contribution in [3.8, 4) is 0 Å². The zero-order valence-electron chi connectivity index (χ0n) is 10.7. The van der Waals surface area contributed by atoms with Crippen LogP contribution in [0.1, 0.15) is 6.92 Å². The van der Waals surface area contributed by atoms with E-state index in [4.69, 9.17) is 12.2 Å². The van der Waals surface area contributed by atoms with Gasteiger partial charge in [-0.2, -0.15) is 13.2 Å². The zero-order chi connectivity index (χ0) is 15.1. The van der Waals surface area contributed by atoms with Crippen LogP contribution in [-0.4, -0.2) is 39.8 Å². The summed E-state index contributed by atoms with van der Waals surface area (Å²) in [6.07, 6.45) is -1.18. The number of carbonyl (C=O) groups is 1. The highest BCUT2D eigenvalue weighted by molar-refractivity contribution is 8.26. The molecule has 3 nitrogen and oxygen atoms in total. The Labute approximate surface area is 123 Å². The Morgan fingerprint density at radius 2 is 2.00 bits per heavy atom. The first-order valence-corrected chi connectivity index (χ1v) is 6.96. The normalized spacial score (nSPS) is 23.8. The van der Waals surface area contributed by atoms with Crippen molar-refractivity contribution in [3.63, 3.8) is 0 Å². The van der Waals surface area contributed by atoms with Crippen LogP contribution in [0.2, 0.25) is 0 Å². The first-order valence-electron chi connectivity index (χ1n) is 5.73. The fourth-order valence-electron chi connectivity index (χ4n) is 1.84. The van der Waals surface area contributed by atoms with Crippen molar-refractivity contribution >= 4 is 34.2 Å². The largest absolute Gasteiger partial charge is 0.417 e. The molecule has 2 heterocycles. The van der Waals surface area contributed by atoms with E-state index >= 15 is 0 Å². The number of amides is 1. The highest BCUT2D eigenvalue weighted by atomic mass is 32.2. The van der Waals surface area contributed by atoms with Gasteiger partial charge in [0.15, 0.2) is 0 Å². The summed E-state index contributed by atoms with van der Waals surface area (Å²) in [5, 5.41) is 0. The molecular weight excluding hydrogens is 309 g/mol. The van der Waals surface area contributed by atoms with Crippen LogP contribution < -0.4 is 0 Å². The molecular formula is C12H11F3N2OS2. The zero-order valence-corrected chi connectivity index (χ0v) is 12.3. The number of allylic oxidation sites excluding steroid dienone is 3. The molecule has 0 bridgehead atoms. The molecule has 0 saturated carbocycles. The molecule has 8 heteroatoms. The van der Waals surface area contributed by atoms with Gasteiger partial charge < -0.3 is 4.90 Å². The van der Waals surface area contributed by atoms with Gasteiger partial charge in [-0.05, 0) is 19.1 Å². The highest BCUT2D eigenvalue weighted by Gasteiger charge is 2.37. The molecule has 2 aliphatic rings. The lowest BCUT2D eigenvalue weighted by molar-refractivity contribution is -0.122. The molecule has 0 aromatic heterocycles. The third kappa shape index (κ3) is 2.62. The summed E-state index contributed by atoms with van der Waals surface area (Å²) >= 11 is 6.19. The molecule has 2 aliphatic heterocycles. The average Bonchev–Trinajstić information content (AvgIpc) is 2.63. The summed E-state index contributed by atoms with van der Waals surface area (Å²) in [5.41, 5.74) is -0.332. The Kier molecular flexibility index (Phi) is 3.97. The lowest BCUT2D eigenvalue weighted by Gasteiger charge is -2.23. The molecule has 0 N–H and O–H groups in total. The third-order valence-electron chi connectivity index (χ3n) is 2.86. The van der Waals surface area contributed by atoms with Crippen LogP contribution in [0.3, 0.4) is 0 Å². The molecule has 0 unspecified atom stereocenters. The van der Waals surface area contributed by atoms with E-state index in [2.05, 4.69) is 0 Å². The lowest BCUT2D eigenvalue weighted by Crippen LogP contribution is -2.28. The van der Waals surface area contributed by atoms with Gasteiger partial charge in [-0.1, -0.05) is 24.0 Å². The Morgan fingerprint density at radius 3 is 2.45 bits per heavy atom. The van der Waals surface area contributed by atoms with Gasteiger partial charge >= 0.3 is 6.18 Å². The number of rotatable bonds is 1. The minimum absolute atomic E-state index is 0.266. The van der Waals surface area contributed by atoms with Gasteiger partial charge in [0.2, 0.25) is 0 Å². The predicted molar refractivity (Wildman–Crippen MR) is 75.6 cm³/mol. The molecule has 1 fully saturated rings. The van der Waals surface area contributed by atoms with Crippen LogP contribution in [0, 0.1) is 0 Å². The number of carbonyl (C=O) groups excluding carboxylic acids is 1. The van der Waals surface area contributed by atoms with E-state index in [1.54, 1.807) is 6.92 Å². The number of thiocarbonyl (C=S) groups is 1. The second-order valence-corrected chi connectivity index (χ2v) is 5.80. The van der Waals surface area contributed by atoms with E-state index in [1.165, 1.54) is 22.9 Å². The predicted octanol–water partition coefficient (Wildman–Crippen LogP) is 3.03. The number of nitrogens with zero attached hydrogens (tertiary/aromatic N) is 2. The first kappa shape index (κ1) is 15.1. The van der Waals surface area contributed by atoms with Crippen molar-refractivity contribution in [1.82, 2.24) is 9.80 Å². The van der Waals surface area contributed by atoms with E-state index in [1.807, 2.05) is 0 Å². The average molecular weight is 320 g/mol. The van der Waals surface area contributed by atoms with Gasteiger partial charge in [0.05, 0.1) is 11.3 Å². The molecule has 1 amide bonds. The number of alkyl halides is 3. The molecule has 2 rings (SSSR count). The molecule has 1 saturated heterocycles.